The van der Waals surface area contributed by atoms with Gasteiger partial charge in [0.25, 0.3) is 0 Å². The van der Waals surface area contributed by atoms with Crippen LogP contribution in [0.25, 0.3) is 22.4 Å². The molecule has 0 bridgehead atoms. The molecule has 116 valence electrons. The number of hydrogen-bond acceptors (Lipinski definition) is 3. The maximum atomic E-state index is 11.7. The third kappa shape index (κ3) is 3.66. The van der Waals surface area contributed by atoms with Crippen molar-refractivity contribution in [2.45, 2.75) is 13.8 Å². The van der Waals surface area contributed by atoms with E-state index in [2.05, 4.69) is 46.7 Å². The molecule has 23 heavy (non-hydrogen) atoms. The highest BCUT2D eigenvalue weighted by atomic mass is 32.1. The Hall–Kier alpha value is -2.46. The predicted molar refractivity (Wildman–Crippen MR) is 96.5 cm³/mol. The maximum Gasteiger partial charge on any atom is 0.228 e. The number of nitrogens with one attached hydrogen (secondary N) is 1. The van der Waals surface area contributed by atoms with Crippen molar-refractivity contribution < 1.29 is 4.79 Å². The van der Waals surface area contributed by atoms with Crippen LogP contribution < -0.4 is 5.32 Å². The van der Waals surface area contributed by atoms with Crippen molar-refractivity contribution in [1.82, 2.24) is 4.98 Å². The van der Waals surface area contributed by atoms with Crippen molar-refractivity contribution in [3.8, 4) is 22.4 Å². The topological polar surface area (TPSA) is 42.0 Å². The molecule has 1 heterocycles. The Morgan fingerprint density at radius 2 is 1.57 bits per heavy atom. The van der Waals surface area contributed by atoms with Crippen molar-refractivity contribution in [3.63, 3.8) is 0 Å². The molecule has 0 saturated carbocycles. The largest absolute Gasteiger partial charge is 0.302 e. The van der Waals surface area contributed by atoms with Crippen LogP contribution in [-0.2, 0) is 4.79 Å². The monoisotopic (exact) mass is 322 g/mol. The lowest BCUT2D eigenvalue weighted by Gasteiger charge is -2.04. The molecule has 4 heteroatoms. The van der Waals surface area contributed by atoms with Gasteiger partial charge in [0.15, 0.2) is 5.13 Å². The van der Waals surface area contributed by atoms with E-state index in [1.165, 1.54) is 22.5 Å². The second kappa shape index (κ2) is 6.75. The number of carbonyl (C=O) groups is 1. The third-order valence-corrected chi connectivity index (χ3v) is 4.30. The molecule has 1 amide bonds. The van der Waals surface area contributed by atoms with Crippen LogP contribution in [0.3, 0.4) is 0 Å². The first kappa shape index (κ1) is 15.4. The van der Waals surface area contributed by atoms with Crippen LogP contribution in [0.5, 0.6) is 0 Å². The number of aromatic nitrogens is 1. The molecule has 2 aromatic carbocycles. The third-order valence-electron chi connectivity index (χ3n) is 3.55. The summed E-state index contributed by atoms with van der Waals surface area (Å²) in [6, 6.07) is 18.6. The number of amides is 1. The van der Waals surface area contributed by atoms with Crippen LogP contribution >= 0.6 is 11.3 Å². The molecule has 0 saturated heterocycles. The summed E-state index contributed by atoms with van der Waals surface area (Å²) in [4.78, 5) is 16.2. The van der Waals surface area contributed by atoms with Crippen LogP contribution in [0.1, 0.15) is 13.8 Å². The molecule has 0 radical (unpaired) electrons. The molecule has 0 aliphatic heterocycles. The molecule has 3 rings (SSSR count). The molecule has 0 aliphatic rings. The lowest BCUT2D eigenvalue weighted by molar-refractivity contribution is -0.118. The highest BCUT2D eigenvalue weighted by Gasteiger charge is 2.10. The number of benzene rings is 2. The van der Waals surface area contributed by atoms with Gasteiger partial charge < -0.3 is 5.32 Å². The number of hydrogen-bond donors (Lipinski definition) is 1. The highest BCUT2D eigenvalue weighted by molar-refractivity contribution is 7.14. The van der Waals surface area contributed by atoms with Gasteiger partial charge in [-0.2, -0.15) is 0 Å². The summed E-state index contributed by atoms with van der Waals surface area (Å²) in [6.07, 6.45) is 0. The Balaban J connectivity index is 1.78. The molecule has 0 aliphatic carbocycles. The number of carbonyl (C=O) groups excluding carboxylic acids is 1. The summed E-state index contributed by atoms with van der Waals surface area (Å²) in [6.45, 7) is 3.73. The van der Waals surface area contributed by atoms with Gasteiger partial charge in [-0.3, -0.25) is 4.79 Å². The van der Waals surface area contributed by atoms with E-state index < -0.39 is 0 Å². The van der Waals surface area contributed by atoms with Gasteiger partial charge in [-0.25, -0.2) is 4.98 Å². The van der Waals surface area contributed by atoms with E-state index in [0.29, 0.717) is 5.13 Å². The molecule has 1 N–H and O–H groups in total. The van der Waals surface area contributed by atoms with Gasteiger partial charge >= 0.3 is 0 Å². The zero-order valence-corrected chi connectivity index (χ0v) is 13.9. The summed E-state index contributed by atoms with van der Waals surface area (Å²) in [5, 5.41) is 5.45. The number of nitrogens with zero attached hydrogens (tertiary/aromatic N) is 1. The molecule has 3 nitrogen and oxygen atoms in total. The smallest absolute Gasteiger partial charge is 0.228 e. The minimum absolute atomic E-state index is 0.00896. The Morgan fingerprint density at radius 1 is 0.957 bits per heavy atom. The van der Waals surface area contributed by atoms with Crippen molar-refractivity contribution >= 4 is 22.4 Å². The molecule has 0 atom stereocenters. The Bertz CT molecular complexity index is 792. The lowest BCUT2D eigenvalue weighted by atomic mass is 10.0. The van der Waals surface area contributed by atoms with Gasteiger partial charge in [-0.15, -0.1) is 11.3 Å². The quantitative estimate of drug-likeness (QED) is 0.728. The molecule has 0 fully saturated rings. The number of rotatable bonds is 4. The van der Waals surface area contributed by atoms with E-state index in [1.807, 2.05) is 37.4 Å². The molecule has 1 aromatic heterocycles. The van der Waals surface area contributed by atoms with Crippen molar-refractivity contribution in [1.29, 1.82) is 0 Å². The average Bonchev–Trinajstić information content (AvgIpc) is 3.04. The van der Waals surface area contributed by atoms with Gasteiger partial charge in [0.1, 0.15) is 0 Å². The van der Waals surface area contributed by atoms with E-state index in [0.717, 1.165) is 11.3 Å². The van der Waals surface area contributed by atoms with Crippen LogP contribution in [0.15, 0.2) is 60.0 Å². The molecule has 0 spiro atoms. The van der Waals surface area contributed by atoms with E-state index in [9.17, 15) is 4.79 Å². The average molecular weight is 322 g/mol. The lowest BCUT2D eigenvalue weighted by Crippen LogP contribution is -2.17. The normalized spacial score (nSPS) is 10.7. The van der Waals surface area contributed by atoms with Gasteiger partial charge in [0, 0.05) is 16.9 Å². The fraction of sp³-hybridized carbons (Fsp3) is 0.158. The number of anilines is 1. The fourth-order valence-electron chi connectivity index (χ4n) is 2.18. The van der Waals surface area contributed by atoms with Crippen LogP contribution in [-0.4, -0.2) is 10.9 Å². The second-order valence-electron chi connectivity index (χ2n) is 5.63. The van der Waals surface area contributed by atoms with E-state index >= 15 is 0 Å². The van der Waals surface area contributed by atoms with Gasteiger partial charge in [-0.1, -0.05) is 68.4 Å². The zero-order valence-electron chi connectivity index (χ0n) is 13.1. The van der Waals surface area contributed by atoms with Gasteiger partial charge in [-0.05, 0) is 11.1 Å². The summed E-state index contributed by atoms with van der Waals surface area (Å²) < 4.78 is 0. The minimum Gasteiger partial charge on any atom is -0.302 e. The molecule has 0 unspecified atom stereocenters. The Morgan fingerprint density at radius 3 is 2.22 bits per heavy atom. The number of thiazole rings is 1. The standard InChI is InChI=1S/C19H18N2OS/c1-13(2)18(22)21-19-20-17(12-23-19)16-10-8-15(9-11-16)14-6-4-3-5-7-14/h3-13H,1-2H3,(H,20,21,22). The predicted octanol–water partition coefficient (Wildman–Crippen LogP) is 5.07. The SMILES string of the molecule is CC(C)C(=O)Nc1nc(-c2ccc(-c3ccccc3)cc2)cs1. The van der Waals surface area contributed by atoms with Crippen LogP contribution in [0.4, 0.5) is 5.13 Å². The highest BCUT2D eigenvalue weighted by Crippen LogP contribution is 2.27. The molecular formula is C19H18N2OS. The first-order chi connectivity index (χ1) is 11.1. The van der Waals surface area contributed by atoms with Gasteiger partial charge in [0.05, 0.1) is 5.69 Å². The fourth-order valence-corrected chi connectivity index (χ4v) is 2.90. The summed E-state index contributed by atoms with van der Waals surface area (Å²) in [7, 11) is 0. The summed E-state index contributed by atoms with van der Waals surface area (Å²) in [5.74, 6) is -0.0576. The van der Waals surface area contributed by atoms with Crippen molar-refractivity contribution in [2.24, 2.45) is 5.92 Å². The maximum absolute atomic E-state index is 11.7. The van der Waals surface area contributed by atoms with E-state index in [-0.39, 0.29) is 11.8 Å². The van der Waals surface area contributed by atoms with Crippen molar-refractivity contribution in [3.05, 3.63) is 60.0 Å². The second-order valence-corrected chi connectivity index (χ2v) is 6.48. The first-order valence-corrected chi connectivity index (χ1v) is 8.43. The van der Waals surface area contributed by atoms with E-state index in [1.54, 1.807) is 0 Å². The van der Waals surface area contributed by atoms with Crippen LogP contribution in [0.2, 0.25) is 0 Å². The summed E-state index contributed by atoms with van der Waals surface area (Å²) in [5.41, 5.74) is 4.31. The Kier molecular flexibility index (Phi) is 4.53. The van der Waals surface area contributed by atoms with Crippen LogP contribution in [0, 0.1) is 5.92 Å². The molecule has 3 aromatic rings. The zero-order chi connectivity index (χ0) is 16.2. The first-order valence-electron chi connectivity index (χ1n) is 7.56. The van der Waals surface area contributed by atoms with E-state index in [4.69, 9.17) is 0 Å². The summed E-state index contributed by atoms with van der Waals surface area (Å²) >= 11 is 1.45. The minimum atomic E-state index is -0.0486. The van der Waals surface area contributed by atoms with Crippen molar-refractivity contribution in [2.75, 3.05) is 5.32 Å². The Labute approximate surface area is 140 Å². The molecular weight excluding hydrogens is 304 g/mol. The van der Waals surface area contributed by atoms with Gasteiger partial charge in [0.2, 0.25) is 5.91 Å².